The van der Waals surface area contributed by atoms with Crippen LogP contribution in [0.25, 0.3) is 0 Å². The van der Waals surface area contributed by atoms with Gasteiger partial charge in [-0.1, -0.05) is 6.07 Å². The van der Waals surface area contributed by atoms with Gasteiger partial charge in [-0.2, -0.15) is 0 Å². The Kier molecular flexibility index (Phi) is 5.75. The lowest BCUT2D eigenvalue weighted by Crippen LogP contribution is -2.40. The van der Waals surface area contributed by atoms with Crippen molar-refractivity contribution in [3.63, 3.8) is 0 Å². The minimum Gasteiger partial charge on any atom is -0.454 e. The monoisotopic (exact) mass is 320 g/mol. The molecule has 2 atom stereocenters. The number of aryl methyl sites for hydroxylation is 1. The van der Waals surface area contributed by atoms with Gasteiger partial charge in [0.05, 0.1) is 6.10 Å². The van der Waals surface area contributed by atoms with Crippen LogP contribution in [0.4, 0.5) is 0 Å². The molecule has 0 amide bonds. The normalized spacial score (nSPS) is 19.9. The summed E-state index contributed by atoms with van der Waals surface area (Å²) in [4.78, 5) is 2.35. The van der Waals surface area contributed by atoms with Crippen molar-refractivity contribution in [1.82, 2.24) is 10.2 Å². The minimum atomic E-state index is -0.277. The highest BCUT2D eigenvalue weighted by molar-refractivity contribution is 5.44. The third-order valence-electron chi connectivity index (χ3n) is 4.67. The molecule has 2 aliphatic heterocycles. The topological polar surface area (TPSA) is 54.0 Å². The molecule has 23 heavy (non-hydrogen) atoms. The molecule has 5 heteroatoms. The summed E-state index contributed by atoms with van der Waals surface area (Å²) in [5.74, 6) is 1.69. The van der Waals surface area contributed by atoms with E-state index in [0.29, 0.717) is 19.4 Å². The minimum absolute atomic E-state index is 0.277. The molecule has 0 spiro atoms. The number of ether oxygens (including phenoxy) is 2. The van der Waals surface area contributed by atoms with Gasteiger partial charge in [0.25, 0.3) is 0 Å². The molecule has 2 aliphatic rings. The summed E-state index contributed by atoms with van der Waals surface area (Å²) < 4.78 is 10.7. The Morgan fingerprint density at radius 2 is 2.00 bits per heavy atom. The fourth-order valence-corrected chi connectivity index (χ4v) is 3.25. The van der Waals surface area contributed by atoms with E-state index in [1.54, 1.807) is 0 Å². The third-order valence-corrected chi connectivity index (χ3v) is 4.67. The first kappa shape index (κ1) is 16.6. The molecule has 3 rings (SSSR count). The smallest absolute Gasteiger partial charge is 0.231 e. The molecule has 5 nitrogen and oxygen atoms in total. The number of aliphatic hydroxyl groups is 1. The average Bonchev–Trinajstić information content (AvgIpc) is 3.21. The molecule has 0 aromatic heterocycles. The molecule has 1 aromatic carbocycles. The largest absolute Gasteiger partial charge is 0.454 e. The molecular weight excluding hydrogens is 292 g/mol. The number of hydrogen-bond acceptors (Lipinski definition) is 5. The van der Waals surface area contributed by atoms with Gasteiger partial charge < -0.3 is 24.8 Å². The van der Waals surface area contributed by atoms with Crippen LogP contribution < -0.4 is 14.8 Å². The van der Waals surface area contributed by atoms with Gasteiger partial charge in [-0.3, -0.25) is 0 Å². The van der Waals surface area contributed by atoms with E-state index >= 15 is 0 Å². The highest BCUT2D eigenvalue weighted by Gasteiger charge is 2.16. The van der Waals surface area contributed by atoms with E-state index in [1.165, 1.54) is 18.4 Å². The Morgan fingerprint density at radius 1 is 1.22 bits per heavy atom. The molecule has 0 saturated carbocycles. The van der Waals surface area contributed by atoms with Crippen molar-refractivity contribution >= 4 is 0 Å². The van der Waals surface area contributed by atoms with Crippen LogP contribution in [0.5, 0.6) is 11.5 Å². The van der Waals surface area contributed by atoms with E-state index in [2.05, 4.69) is 29.3 Å². The zero-order valence-electron chi connectivity index (χ0n) is 14.0. The zero-order valence-corrected chi connectivity index (χ0v) is 14.0. The number of fused-ring (bicyclic) bond motifs is 1. The molecule has 2 unspecified atom stereocenters. The summed E-state index contributed by atoms with van der Waals surface area (Å²) in [5, 5.41) is 13.6. The van der Waals surface area contributed by atoms with E-state index in [-0.39, 0.29) is 6.10 Å². The van der Waals surface area contributed by atoms with Crippen molar-refractivity contribution in [3.8, 4) is 11.5 Å². The fraction of sp³-hybridized carbons (Fsp3) is 0.667. The maximum Gasteiger partial charge on any atom is 0.231 e. The summed E-state index contributed by atoms with van der Waals surface area (Å²) in [6.45, 7) is 6.23. The third kappa shape index (κ3) is 4.83. The van der Waals surface area contributed by atoms with Crippen LogP contribution in [-0.4, -0.2) is 55.1 Å². The molecule has 0 bridgehead atoms. The Balaban J connectivity index is 1.35. The van der Waals surface area contributed by atoms with Crippen molar-refractivity contribution in [2.24, 2.45) is 0 Å². The second-order valence-electron chi connectivity index (χ2n) is 6.70. The lowest BCUT2D eigenvalue weighted by atomic mass is 10.1. The van der Waals surface area contributed by atoms with Crippen LogP contribution in [0.2, 0.25) is 0 Å². The van der Waals surface area contributed by atoms with Crippen LogP contribution in [0.1, 0.15) is 31.7 Å². The predicted octanol–water partition coefficient (Wildman–Crippen LogP) is 1.78. The summed E-state index contributed by atoms with van der Waals surface area (Å²) in [6, 6.07) is 6.53. The second-order valence-corrected chi connectivity index (χ2v) is 6.70. The van der Waals surface area contributed by atoms with Crippen LogP contribution >= 0.6 is 0 Å². The number of β-amino-alcohol motifs (C(OH)–C–C–N with tert-alkyl or cyclic N) is 1. The molecule has 0 radical (unpaired) electrons. The predicted molar refractivity (Wildman–Crippen MR) is 90.0 cm³/mol. The number of aliphatic hydroxyl groups excluding tert-OH is 1. The quantitative estimate of drug-likeness (QED) is 0.765. The van der Waals surface area contributed by atoms with Crippen molar-refractivity contribution in [2.45, 2.75) is 44.8 Å². The Labute approximate surface area is 138 Å². The van der Waals surface area contributed by atoms with Crippen LogP contribution in [-0.2, 0) is 6.42 Å². The molecule has 0 aliphatic carbocycles. The standard InChI is InChI=1S/C18H28N2O3/c1-14(19-11-16(21)12-20-8-2-3-9-20)4-5-15-6-7-17-18(10-15)23-13-22-17/h6-7,10,14,16,19,21H,2-5,8-9,11-13H2,1H3. The van der Waals surface area contributed by atoms with Gasteiger partial charge in [-0.25, -0.2) is 0 Å². The molecule has 2 N–H and O–H groups in total. The van der Waals surface area contributed by atoms with Crippen molar-refractivity contribution in [1.29, 1.82) is 0 Å². The Hall–Kier alpha value is -1.30. The Bertz CT molecular complexity index is 503. The summed E-state index contributed by atoms with van der Waals surface area (Å²) in [6.07, 6.45) is 4.29. The average molecular weight is 320 g/mol. The van der Waals surface area contributed by atoms with E-state index in [4.69, 9.17) is 9.47 Å². The summed E-state index contributed by atoms with van der Waals surface area (Å²) in [5.41, 5.74) is 1.26. The highest BCUT2D eigenvalue weighted by atomic mass is 16.7. The van der Waals surface area contributed by atoms with E-state index in [0.717, 1.165) is 44.0 Å². The van der Waals surface area contributed by atoms with Gasteiger partial charge in [0.15, 0.2) is 11.5 Å². The van der Waals surface area contributed by atoms with Gasteiger partial charge in [0.2, 0.25) is 6.79 Å². The first-order valence-corrected chi connectivity index (χ1v) is 8.73. The summed E-state index contributed by atoms with van der Waals surface area (Å²) >= 11 is 0. The lowest BCUT2D eigenvalue weighted by Gasteiger charge is -2.21. The highest BCUT2D eigenvalue weighted by Crippen LogP contribution is 2.32. The van der Waals surface area contributed by atoms with Crippen LogP contribution in [0.3, 0.4) is 0 Å². The number of nitrogens with zero attached hydrogens (tertiary/aromatic N) is 1. The molecule has 1 aromatic rings. The van der Waals surface area contributed by atoms with Gasteiger partial charge in [0.1, 0.15) is 0 Å². The number of hydrogen-bond donors (Lipinski definition) is 2. The number of nitrogens with one attached hydrogen (secondary N) is 1. The maximum atomic E-state index is 10.1. The first-order valence-electron chi connectivity index (χ1n) is 8.73. The molecule has 1 fully saturated rings. The van der Waals surface area contributed by atoms with Crippen molar-refractivity contribution < 1.29 is 14.6 Å². The maximum absolute atomic E-state index is 10.1. The van der Waals surface area contributed by atoms with Crippen molar-refractivity contribution in [3.05, 3.63) is 23.8 Å². The van der Waals surface area contributed by atoms with Gasteiger partial charge in [0, 0.05) is 19.1 Å². The van der Waals surface area contributed by atoms with Crippen molar-refractivity contribution in [2.75, 3.05) is 33.0 Å². The van der Waals surface area contributed by atoms with Gasteiger partial charge in [-0.15, -0.1) is 0 Å². The van der Waals surface area contributed by atoms with Gasteiger partial charge >= 0.3 is 0 Å². The second kappa shape index (κ2) is 7.99. The lowest BCUT2D eigenvalue weighted by molar-refractivity contribution is 0.120. The number of likely N-dealkylation sites (tertiary alicyclic amines) is 1. The van der Waals surface area contributed by atoms with Gasteiger partial charge in [-0.05, 0) is 63.4 Å². The first-order chi connectivity index (χ1) is 11.2. The summed E-state index contributed by atoms with van der Waals surface area (Å²) in [7, 11) is 0. The zero-order chi connectivity index (χ0) is 16.1. The number of benzene rings is 1. The molecule has 1 saturated heterocycles. The molecular formula is C18H28N2O3. The fourth-order valence-electron chi connectivity index (χ4n) is 3.25. The SMILES string of the molecule is CC(CCc1ccc2c(c1)OCO2)NCC(O)CN1CCCC1. The molecule has 2 heterocycles. The van der Waals surface area contributed by atoms with Crippen LogP contribution in [0.15, 0.2) is 18.2 Å². The van der Waals surface area contributed by atoms with E-state index in [1.807, 2.05) is 6.07 Å². The number of rotatable bonds is 8. The molecule has 128 valence electrons. The van der Waals surface area contributed by atoms with Crippen LogP contribution in [0, 0.1) is 0 Å². The van der Waals surface area contributed by atoms with E-state index in [9.17, 15) is 5.11 Å². The Morgan fingerprint density at radius 3 is 2.83 bits per heavy atom. The van der Waals surface area contributed by atoms with E-state index < -0.39 is 0 Å².